The Balaban J connectivity index is 0.000000454. The maximum atomic E-state index is 10.2. The van der Waals surface area contributed by atoms with Crippen LogP contribution < -0.4 is 4.74 Å². The van der Waals surface area contributed by atoms with Crippen molar-refractivity contribution < 1.29 is 26.6 Å². The van der Waals surface area contributed by atoms with Crippen molar-refractivity contribution in [2.45, 2.75) is 26.7 Å². The smallest absolute Gasteiger partial charge is 0.120 e. The van der Waals surface area contributed by atoms with Crippen LogP contribution >= 0.6 is 0 Å². The maximum Gasteiger partial charge on any atom is 0.120 e. The summed E-state index contributed by atoms with van der Waals surface area (Å²) in [5, 5.41) is 0. The summed E-state index contributed by atoms with van der Waals surface area (Å²) in [7, 11) is 0. The first-order valence-electron chi connectivity index (χ1n) is 6.27. The van der Waals surface area contributed by atoms with Gasteiger partial charge in [0.15, 0.2) is 0 Å². The molecule has 0 N–H and O–H groups in total. The summed E-state index contributed by atoms with van der Waals surface area (Å²) in [6, 6.07) is 14.0. The fraction of sp³-hybridized carbons (Fsp3) is 0.312. The minimum atomic E-state index is 0. The van der Waals surface area contributed by atoms with E-state index in [9.17, 15) is 4.79 Å². The number of carbonyl (C=O) groups is 1. The second kappa shape index (κ2) is 10.6. The van der Waals surface area contributed by atoms with E-state index in [1.54, 1.807) is 0 Å². The molecule has 0 saturated carbocycles. The van der Waals surface area contributed by atoms with E-state index in [1.807, 2.05) is 56.3 Å². The number of rotatable bonds is 5. The molecule has 0 heterocycles. The summed E-state index contributed by atoms with van der Waals surface area (Å²) < 4.78 is 5.44. The molecule has 0 aliphatic heterocycles. The van der Waals surface area contributed by atoms with Gasteiger partial charge in [-0.2, -0.15) is 5.56 Å². The molecule has 110 valence electrons. The van der Waals surface area contributed by atoms with E-state index in [0.717, 1.165) is 18.5 Å². The number of aryl methyl sites for hydroxylation is 1. The molecule has 0 fully saturated rings. The van der Waals surface area contributed by atoms with Crippen molar-refractivity contribution in [3.63, 3.8) is 0 Å². The Labute approximate surface area is 126 Å². The molecule has 0 saturated heterocycles. The normalized spacial score (nSPS) is 8.95. The monoisotopic (exact) mass is 300 g/mol. The molecule has 2 rings (SSSR count). The van der Waals surface area contributed by atoms with Crippen LogP contribution in [0.4, 0.5) is 0 Å². The molecule has 0 aliphatic carbocycles. The van der Waals surface area contributed by atoms with Crippen LogP contribution in [0.1, 0.15) is 24.5 Å². The molecule has 0 amide bonds. The van der Waals surface area contributed by atoms with Gasteiger partial charge in [-0.1, -0.05) is 6.92 Å². The van der Waals surface area contributed by atoms with Gasteiger partial charge in [-0.15, -0.1) is 11.6 Å². The van der Waals surface area contributed by atoms with Gasteiger partial charge in [0.1, 0.15) is 6.29 Å². The molecule has 0 aromatic heterocycles. The number of carbonyl (C=O) groups excluding carboxylic acids is 1. The maximum absolute atomic E-state index is 10.2. The summed E-state index contributed by atoms with van der Waals surface area (Å²) in [4.78, 5) is 10.2. The predicted molar refractivity (Wildman–Crippen MR) is 74.4 cm³/mol. The number of aldehydes is 1. The van der Waals surface area contributed by atoms with Crippen LogP contribution in [0.15, 0.2) is 42.5 Å². The molecule has 0 spiro atoms. The zero-order valence-corrected chi connectivity index (χ0v) is 12.5. The van der Waals surface area contributed by atoms with E-state index in [2.05, 4.69) is 0 Å². The van der Waals surface area contributed by atoms with Crippen LogP contribution in [0, 0.1) is 6.92 Å². The van der Waals surface area contributed by atoms with Crippen molar-refractivity contribution in [1.82, 2.24) is 0 Å². The minimum absolute atomic E-state index is 0. The van der Waals surface area contributed by atoms with Gasteiger partial charge >= 0.3 is 0 Å². The van der Waals surface area contributed by atoms with Crippen LogP contribution in [-0.2, 0) is 28.3 Å². The van der Waals surface area contributed by atoms with Crippen molar-refractivity contribution in [3.8, 4) is 5.75 Å². The molecule has 0 bridgehead atoms. The van der Waals surface area contributed by atoms with Crippen LogP contribution in [-0.4, -0.2) is 12.9 Å². The van der Waals surface area contributed by atoms with Crippen molar-refractivity contribution in [2.75, 3.05) is 6.61 Å². The summed E-state index contributed by atoms with van der Waals surface area (Å²) in [5.41, 5.74) is 2.39. The third-order valence-corrected chi connectivity index (χ3v) is 2.63. The number of ether oxygens (including phenoxy) is 1. The average molecular weight is 300 g/mol. The Morgan fingerprint density at radius 3 is 2.32 bits per heavy atom. The zero-order chi connectivity index (χ0) is 13.2. The molecule has 2 aromatic carbocycles. The first-order valence-corrected chi connectivity index (χ1v) is 6.27. The van der Waals surface area contributed by atoms with Crippen LogP contribution in [0.25, 0.3) is 0 Å². The summed E-state index contributed by atoms with van der Waals surface area (Å²) >= 11 is 0. The SMILES string of the molecule is CCO[c-]1ccc(C)c1CCC=O.[Fe].[cH-]1[cH-][cH-][cH-][cH-]1. The van der Waals surface area contributed by atoms with Gasteiger partial charge in [0.2, 0.25) is 0 Å². The van der Waals surface area contributed by atoms with Crippen LogP contribution in [0.5, 0.6) is 5.75 Å². The standard InChI is InChI=1S/C11H15O2.C5H5.Fe/c1-3-13-11-7-6-9(2)10(11)5-4-8-12;1-2-4-5-3-1;/h6-8H,3-5H2,1-2H3;1-5H;/q-1;-5;. The summed E-state index contributed by atoms with van der Waals surface area (Å²) in [6.07, 6.45) is 2.31. The van der Waals surface area contributed by atoms with E-state index in [4.69, 9.17) is 4.74 Å². The topological polar surface area (TPSA) is 26.3 Å². The Morgan fingerprint density at radius 2 is 1.84 bits per heavy atom. The molecule has 0 atom stereocenters. The van der Waals surface area contributed by atoms with Crippen LogP contribution in [0.2, 0.25) is 0 Å². The van der Waals surface area contributed by atoms with E-state index in [-0.39, 0.29) is 17.1 Å². The quantitative estimate of drug-likeness (QED) is 0.479. The van der Waals surface area contributed by atoms with Crippen LogP contribution in [0.3, 0.4) is 0 Å². The van der Waals surface area contributed by atoms with E-state index in [0.29, 0.717) is 13.0 Å². The molecule has 3 heteroatoms. The Hall–Kier alpha value is -1.31. The molecular weight excluding hydrogens is 280 g/mol. The van der Waals surface area contributed by atoms with Crippen molar-refractivity contribution in [2.24, 2.45) is 0 Å². The fourth-order valence-electron chi connectivity index (χ4n) is 1.73. The fourth-order valence-corrected chi connectivity index (χ4v) is 1.73. The third kappa shape index (κ3) is 6.42. The van der Waals surface area contributed by atoms with Crippen molar-refractivity contribution in [3.05, 3.63) is 53.6 Å². The molecular formula is C16H20FeO2-6. The summed E-state index contributed by atoms with van der Waals surface area (Å²) in [5.74, 6) is 0.932. The second-order valence-corrected chi connectivity index (χ2v) is 3.96. The van der Waals surface area contributed by atoms with Gasteiger partial charge in [0.25, 0.3) is 0 Å². The van der Waals surface area contributed by atoms with E-state index >= 15 is 0 Å². The van der Waals surface area contributed by atoms with Crippen molar-refractivity contribution >= 4 is 6.29 Å². The van der Waals surface area contributed by atoms with E-state index in [1.165, 1.54) is 11.1 Å². The molecule has 0 aliphatic rings. The minimum Gasteiger partial charge on any atom is -0.748 e. The largest absolute Gasteiger partial charge is 0.748 e. The average Bonchev–Trinajstić information content (AvgIpc) is 3.02. The number of hydrogen-bond acceptors (Lipinski definition) is 2. The Bertz CT molecular complexity index is 412. The summed E-state index contributed by atoms with van der Waals surface area (Å²) in [6.45, 7) is 4.69. The Morgan fingerprint density at radius 1 is 1.26 bits per heavy atom. The molecule has 0 unspecified atom stereocenters. The molecule has 2 aromatic rings. The van der Waals surface area contributed by atoms with Gasteiger partial charge in [0, 0.05) is 29.2 Å². The third-order valence-electron chi connectivity index (χ3n) is 2.63. The molecule has 19 heavy (non-hydrogen) atoms. The first-order chi connectivity index (χ1) is 8.79. The number of hydrogen-bond donors (Lipinski definition) is 0. The van der Waals surface area contributed by atoms with Crippen molar-refractivity contribution in [1.29, 1.82) is 0 Å². The Kier molecular flexibility index (Phi) is 9.87. The molecule has 0 radical (unpaired) electrons. The predicted octanol–water partition coefficient (Wildman–Crippen LogP) is 3.65. The molecule has 2 nitrogen and oxygen atoms in total. The van der Waals surface area contributed by atoms with Gasteiger partial charge in [-0.05, 0) is 13.3 Å². The van der Waals surface area contributed by atoms with Gasteiger partial charge in [-0.25, -0.2) is 6.07 Å². The first kappa shape index (κ1) is 17.7. The van der Waals surface area contributed by atoms with Gasteiger partial charge < -0.3 is 39.9 Å². The van der Waals surface area contributed by atoms with Gasteiger partial charge in [-0.3, -0.25) is 0 Å². The van der Waals surface area contributed by atoms with Gasteiger partial charge in [0.05, 0.1) is 6.61 Å². The zero-order valence-electron chi connectivity index (χ0n) is 11.4. The van der Waals surface area contributed by atoms with E-state index < -0.39 is 0 Å². The second-order valence-electron chi connectivity index (χ2n) is 3.96.